The molecule has 0 amide bonds. The first-order valence-electron chi connectivity index (χ1n) is 8.06. The van der Waals surface area contributed by atoms with E-state index in [1.807, 2.05) is 0 Å². The lowest BCUT2D eigenvalue weighted by Crippen LogP contribution is -2.13. The van der Waals surface area contributed by atoms with E-state index in [9.17, 15) is 22.7 Å². The quantitative estimate of drug-likeness (QED) is 0.477. The number of rotatable bonds is 6. The minimum Gasteiger partial charge on any atom is -0.390 e. The Labute approximate surface area is 157 Å². The van der Waals surface area contributed by atoms with Crippen molar-refractivity contribution in [2.75, 3.05) is 0 Å². The Hall–Kier alpha value is -2.32. The second-order valence-electron chi connectivity index (χ2n) is 5.81. The minimum absolute atomic E-state index is 0.0745. The molecule has 3 rings (SSSR count). The van der Waals surface area contributed by atoms with Crippen LogP contribution in [0.2, 0.25) is 0 Å². The van der Waals surface area contributed by atoms with E-state index in [4.69, 9.17) is 0 Å². The van der Waals surface area contributed by atoms with Gasteiger partial charge in [0.15, 0.2) is 5.16 Å². The van der Waals surface area contributed by atoms with Gasteiger partial charge in [-0.25, -0.2) is 9.37 Å². The van der Waals surface area contributed by atoms with Gasteiger partial charge in [-0.05, 0) is 23.3 Å². The molecule has 2 aromatic carbocycles. The molecule has 0 radical (unpaired) electrons. The van der Waals surface area contributed by atoms with Crippen LogP contribution >= 0.6 is 11.8 Å². The van der Waals surface area contributed by atoms with Crippen LogP contribution in [0, 0.1) is 5.82 Å². The predicted octanol–water partition coefficient (Wildman–Crippen LogP) is 4.87. The summed E-state index contributed by atoms with van der Waals surface area (Å²) in [6, 6.07) is 11.6. The molecule has 1 N–H and O–H groups in total. The molecule has 8 heteroatoms. The SMILES string of the molecule is OCc1cnc(SCc2ccccc2F)n1Cc1ccccc1C(F)(F)F. The summed E-state index contributed by atoms with van der Waals surface area (Å²) in [6.07, 6.45) is -3.06. The van der Waals surface area contributed by atoms with E-state index >= 15 is 0 Å². The van der Waals surface area contributed by atoms with Gasteiger partial charge in [-0.1, -0.05) is 48.2 Å². The monoisotopic (exact) mass is 396 g/mol. The van der Waals surface area contributed by atoms with Crippen LogP contribution in [-0.2, 0) is 25.1 Å². The van der Waals surface area contributed by atoms with Gasteiger partial charge in [-0.2, -0.15) is 13.2 Å². The maximum Gasteiger partial charge on any atom is 0.416 e. The molecule has 142 valence electrons. The van der Waals surface area contributed by atoms with E-state index in [0.717, 1.165) is 6.07 Å². The number of aliphatic hydroxyl groups is 1. The van der Waals surface area contributed by atoms with Gasteiger partial charge in [0.05, 0.1) is 30.6 Å². The van der Waals surface area contributed by atoms with Gasteiger partial charge in [0, 0.05) is 5.75 Å². The highest BCUT2D eigenvalue weighted by atomic mass is 32.2. The summed E-state index contributed by atoms with van der Waals surface area (Å²) in [6.45, 7) is -0.452. The van der Waals surface area contributed by atoms with Crippen molar-refractivity contribution in [1.29, 1.82) is 0 Å². The molecule has 0 aliphatic carbocycles. The maximum absolute atomic E-state index is 13.8. The summed E-state index contributed by atoms with van der Waals surface area (Å²) in [4.78, 5) is 4.18. The Morgan fingerprint density at radius 2 is 1.67 bits per heavy atom. The first-order valence-corrected chi connectivity index (χ1v) is 9.05. The minimum atomic E-state index is -4.48. The van der Waals surface area contributed by atoms with Crippen LogP contribution in [0.3, 0.4) is 0 Å². The third-order valence-corrected chi connectivity index (χ3v) is 5.07. The Morgan fingerprint density at radius 3 is 2.33 bits per heavy atom. The van der Waals surface area contributed by atoms with Crippen molar-refractivity contribution >= 4 is 11.8 Å². The zero-order valence-electron chi connectivity index (χ0n) is 14.1. The van der Waals surface area contributed by atoms with Gasteiger partial charge in [-0.3, -0.25) is 0 Å². The molecule has 0 aliphatic rings. The fraction of sp³-hybridized carbons (Fsp3) is 0.211. The summed E-state index contributed by atoms with van der Waals surface area (Å²) < 4.78 is 55.1. The topological polar surface area (TPSA) is 38.1 Å². The molecule has 0 spiro atoms. The lowest BCUT2D eigenvalue weighted by atomic mass is 10.1. The van der Waals surface area contributed by atoms with Crippen molar-refractivity contribution in [1.82, 2.24) is 9.55 Å². The fourth-order valence-corrected chi connectivity index (χ4v) is 3.65. The Balaban J connectivity index is 1.88. The van der Waals surface area contributed by atoms with Crippen LogP contribution in [0.5, 0.6) is 0 Å². The average molecular weight is 396 g/mol. The second kappa shape index (κ2) is 8.14. The van der Waals surface area contributed by atoms with Gasteiger partial charge < -0.3 is 9.67 Å². The van der Waals surface area contributed by atoms with Crippen molar-refractivity contribution in [3.8, 4) is 0 Å². The number of benzene rings is 2. The normalized spacial score (nSPS) is 11.7. The molecule has 3 nitrogen and oxygen atoms in total. The van der Waals surface area contributed by atoms with E-state index in [1.165, 1.54) is 46.8 Å². The predicted molar refractivity (Wildman–Crippen MR) is 94.7 cm³/mol. The van der Waals surface area contributed by atoms with Crippen molar-refractivity contribution in [3.63, 3.8) is 0 Å². The summed E-state index contributed by atoms with van der Waals surface area (Å²) in [5.41, 5.74) is 0.208. The molecule has 1 heterocycles. The van der Waals surface area contributed by atoms with Gasteiger partial charge in [0.1, 0.15) is 5.82 Å². The van der Waals surface area contributed by atoms with Crippen LogP contribution in [0.15, 0.2) is 59.9 Å². The van der Waals surface area contributed by atoms with Crippen molar-refractivity contribution in [2.24, 2.45) is 0 Å². The van der Waals surface area contributed by atoms with E-state index in [2.05, 4.69) is 4.98 Å². The second-order valence-corrected chi connectivity index (χ2v) is 6.75. The molecular weight excluding hydrogens is 380 g/mol. The standard InChI is InChI=1S/C19H16F4N2OS/c20-17-8-4-2-6-14(17)12-27-18-24-9-15(11-26)25(18)10-13-5-1-3-7-16(13)19(21,22)23/h1-9,26H,10-12H2. The first kappa shape index (κ1) is 19.4. The zero-order chi connectivity index (χ0) is 19.4. The molecule has 0 saturated heterocycles. The fourth-order valence-electron chi connectivity index (χ4n) is 2.67. The number of hydrogen-bond acceptors (Lipinski definition) is 3. The van der Waals surface area contributed by atoms with E-state index in [1.54, 1.807) is 18.2 Å². The van der Waals surface area contributed by atoms with E-state index < -0.39 is 11.7 Å². The average Bonchev–Trinajstić information content (AvgIpc) is 3.02. The van der Waals surface area contributed by atoms with Crippen LogP contribution in [0.1, 0.15) is 22.4 Å². The number of thioether (sulfide) groups is 1. The Kier molecular flexibility index (Phi) is 5.86. The number of halogens is 4. The van der Waals surface area contributed by atoms with Gasteiger partial charge in [-0.15, -0.1) is 0 Å². The van der Waals surface area contributed by atoms with Crippen LogP contribution in [-0.4, -0.2) is 14.7 Å². The maximum atomic E-state index is 13.8. The number of alkyl halides is 3. The molecule has 27 heavy (non-hydrogen) atoms. The summed E-state index contributed by atoms with van der Waals surface area (Å²) >= 11 is 1.20. The largest absolute Gasteiger partial charge is 0.416 e. The van der Waals surface area contributed by atoms with Crippen molar-refractivity contribution in [3.05, 3.63) is 82.9 Å². The highest BCUT2D eigenvalue weighted by molar-refractivity contribution is 7.98. The lowest BCUT2D eigenvalue weighted by Gasteiger charge is -2.16. The Morgan fingerprint density at radius 1 is 1.00 bits per heavy atom. The van der Waals surface area contributed by atoms with Gasteiger partial charge in [0.25, 0.3) is 0 Å². The van der Waals surface area contributed by atoms with Crippen molar-refractivity contribution < 1.29 is 22.7 Å². The van der Waals surface area contributed by atoms with Crippen LogP contribution in [0.25, 0.3) is 0 Å². The molecule has 0 bridgehead atoms. The summed E-state index contributed by atoms with van der Waals surface area (Å²) in [5, 5.41) is 9.93. The zero-order valence-corrected chi connectivity index (χ0v) is 14.9. The number of imidazole rings is 1. The molecule has 0 unspecified atom stereocenters. The number of aliphatic hydroxyl groups excluding tert-OH is 1. The summed E-state index contributed by atoms with van der Waals surface area (Å²) in [5.74, 6) is -0.0805. The first-order chi connectivity index (χ1) is 12.9. The molecule has 0 saturated carbocycles. The molecule has 1 aromatic heterocycles. The van der Waals surface area contributed by atoms with E-state index in [0.29, 0.717) is 16.4 Å². The highest BCUT2D eigenvalue weighted by Crippen LogP contribution is 2.33. The number of hydrogen-bond donors (Lipinski definition) is 1. The van der Waals surface area contributed by atoms with Crippen molar-refractivity contribution in [2.45, 2.75) is 30.2 Å². The number of nitrogens with zero attached hydrogens (tertiary/aromatic N) is 2. The van der Waals surface area contributed by atoms with Crippen LogP contribution < -0.4 is 0 Å². The third-order valence-electron chi connectivity index (χ3n) is 4.03. The number of aromatic nitrogens is 2. The highest BCUT2D eigenvalue weighted by Gasteiger charge is 2.33. The van der Waals surface area contributed by atoms with Gasteiger partial charge in [0.2, 0.25) is 0 Å². The summed E-state index contributed by atoms with van der Waals surface area (Å²) in [7, 11) is 0. The molecule has 0 fully saturated rings. The van der Waals surface area contributed by atoms with Crippen LogP contribution in [0.4, 0.5) is 17.6 Å². The Bertz CT molecular complexity index is 924. The molecular formula is C19H16F4N2OS. The molecule has 0 aliphatic heterocycles. The smallest absolute Gasteiger partial charge is 0.390 e. The lowest BCUT2D eigenvalue weighted by molar-refractivity contribution is -0.138. The molecule has 3 aromatic rings. The third kappa shape index (κ3) is 4.51. The molecule has 0 atom stereocenters. The van der Waals surface area contributed by atoms with Gasteiger partial charge >= 0.3 is 6.18 Å². The van der Waals surface area contributed by atoms with E-state index in [-0.39, 0.29) is 30.3 Å².